The summed E-state index contributed by atoms with van der Waals surface area (Å²) >= 11 is 0. The highest BCUT2D eigenvalue weighted by Crippen LogP contribution is 2.35. The van der Waals surface area contributed by atoms with Gasteiger partial charge in [0.05, 0.1) is 6.54 Å². The first-order valence-corrected chi connectivity index (χ1v) is 11.4. The standard InChI is InChI=1S/C27H26FN3O4/c1-2-15-29-26(33)23-24(35-27(34)31(23)17-18-11-13-21(28)14-12-18)20-9-6-10-22(16-20)30-25(32)19-7-4-3-5-8-19/h3-14,16,23-24H,2,15,17H2,1H3,(H,29,33)(H,30,32)/t23-,24-/m1/s1. The van der Waals surface area contributed by atoms with Crippen LogP contribution in [0.3, 0.4) is 0 Å². The number of carbonyl (C=O) groups excluding carboxylic acids is 3. The molecule has 35 heavy (non-hydrogen) atoms. The molecule has 1 aliphatic rings. The number of nitrogens with one attached hydrogen (secondary N) is 2. The van der Waals surface area contributed by atoms with Crippen molar-refractivity contribution in [3.63, 3.8) is 0 Å². The van der Waals surface area contributed by atoms with Gasteiger partial charge in [-0.2, -0.15) is 0 Å². The number of hydrogen-bond acceptors (Lipinski definition) is 4. The number of rotatable bonds is 8. The van der Waals surface area contributed by atoms with E-state index in [1.54, 1.807) is 60.7 Å². The summed E-state index contributed by atoms with van der Waals surface area (Å²) in [5.74, 6) is -1.01. The molecule has 2 atom stereocenters. The Morgan fingerprint density at radius 2 is 1.74 bits per heavy atom. The monoisotopic (exact) mass is 475 g/mol. The van der Waals surface area contributed by atoms with Crippen LogP contribution in [0.25, 0.3) is 0 Å². The average Bonchev–Trinajstić information content (AvgIpc) is 3.20. The maximum atomic E-state index is 13.3. The van der Waals surface area contributed by atoms with Crippen LogP contribution in [-0.4, -0.2) is 35.4 Å². The lowest BCUT2D eigenvalue weighted by atomic mass is 10.00. The molecule has 3 aromatic rings. The molecule has 0 aromatic heterocycles. The Morgan fingerprint density at radius 1 is 1.00 bits per heavy atom. The number of carbonyl (C=O) groups is 3. The van der Waals surface area contributed by atoms with Crippen molar-refractivity contribution in [1.82, 2.24) is 10.2 Å². The van der Waals surface area contributed by atoms with E-state index in [1.807, 2.05) is 13.0 Å². The van der Waals surface area contributed by atoms with Crippen molar-refractivity contribution in [3.8, 4) is 0 Å². The maximum Gasteiger partial charge on any atom is 0.411 e. The summed E-state index contributed by atoms with van der Waals surface area (Å²) in [4.78, 5) is 39.9. The number of nitrogens with zero attached hydrogens (tertiary/aromatic N) is 1. The molecule has 7 nitrogen and oxygen atoms in total. The van der Waals surface area contributed by atoms with Crippen LogP contribution >= 0.6 is 0 Å². The minimum atomic E-state index is -0.931. The molecule has 1 saturated heterocycles. The zero-order valence-electron chi connectivity index (χ0n) is 19.2. The van der Waals surface area contributed by atoms with Gasteiger partial charge in [0.15, 0.2) is 12.1 Å². The highest BCUT2D eigenvalue weighted by atomic mass is 19.1. The van der Waals surface area contributed by atoms with Gasteiger partial charge < -0.3 is 15.4 Å². The van der Waals surface area contributed by atoms with Crippen molar-refractivity contribution >= 4 is 23.6 Å². The molecule has 3 aromatic carbocycles. The molecule has 3 amide bonds. The van der Waals surface area contributed by atoms with Gasteiger partial charge in [-0.25, -0.2) is 9.18 Å². The zero-order chi connectivity index (χ0) is 24.8. The molecule has 0 unspecified atom stereocenters. The summed E-state index contributed by atoms with van der Waals surface area (Å²) < 4.78 is 19.0. The first kappa shape index (κ1) is 23.9. The van der Waals surface area contributed by atoms with Crippen molar-refractivity contribution in [1.29, 1.82) is 0 Å². The predicted molar refractivity (Wildman–Crippen MR) is 129 cm³/mol. The number of hydrogen-bond donors (Lipinski definition) is 2. The topological polar surface area (TPSA) is 87.7 Å². The Kier molecular flexibility index (Phi) is 7.40. The Bertz CT molecular complexity index is 1200. The highest BCUT2D eigenvalue weighted by molar-refractivity contribution is 6.04. The van der Waals surface area contributed by atoms with Gasteiger partial charge in [-0.3, -0.25) is 14.5 Å². The van der Waals surface area contributed by atoms with E-state index in [9.17, 15) is 18.8 Å². The second-order valence-electron chi connectivity index (χ2n) is 8.24. The molecule has 0 radical (unpaired) electrons. The van der Waals surface area contributed by atoms with Crippen LogP contribution in [0.5, 0.6) is 0 Å². The quantitative estimate of drug-likeness (QED) is 0.496. The molecule has 0 spiro atoms. The summed E-state index contributed by atoms with van der Waals surface area (Å²) in [6, 6.07) is 20.5. The molecule has 1 heterocycles. The molecule has 0 bridgehead atoms. The van der Waals surface area contributed by atoms with Crippen molar-refractivity contribution < 1.29 is 23.5 Å². The molecule has 0 saturated carbocycles. The van der Waals surface area contributed by atoms with Gasteiger partial charge in [0.2, 0.25) is 5.91 Å². The predicted octanol–water partition coefficient (Wildman–Crippen LogP) is 4.67. The normalized spacial score (nSPS) is 17.1. The Labute approximate surface area is 202 Å². The number of halogens is 1. The average molecular weight is 476 g/mol. The highest BCUT2D eigenvalue weighted by Gasteiger charge is 2.46. The number of cyclic esters (lactones) is 1. The molecule has 180 valence electrons. The van der Waals surface area contributed by atoms with Crippen molar-refractivity contribution in [2.75, 3.05) is 11.9 Å². The molecule has 0 aliphatic carbocycles. The van der Waals surface area contributed by atoms with Gasteiger partial charge in [-0.1, -0.05) is 49.4 Å². The third-order valence-electron chi connectivity index (χ3n) is 5.68. The fourth-order valence-corrected chi connectivity index (χ4v) is 3.94. The minimum Gasteiger partial charge on any atom is -0.438 e. The van der Waals surface area contributed by atoms with E-state index in [-0.39, 0.29) is 24.2 Å². The first-order valence-electron chi connectivity index (χ1n) is 11.4. The summed E-state index contributed by atoms with van der Waals surface area (Å²) in [6.07, 6.45) is -0.792. The van der Waals surface area contributed by atoms with Crippen LogP contribution in [-0.2, 0) is 16.1 Å². The zero-order valence-corrected chi connectivity index (χ0v) is 19.2. The lowest BCUT2D eigenvalue weighted by molar-refractivity contribution is -0.126. The summed E-state index contributed by atoms with van der Waals surface area (Å²) in [7, 11) is 0. The van der Waals surface area contributed by atoms with E-state index in [4.69, 9.17) is 4.74 Å². The number of amides is 3. The van der Waals surface area contributed by atoms with E-state index < -0.39 is 18.2 Å². The Balaban J connectivity index is 1.59. The molecule has 1 aliphatic heterocycles. The van der Waals surface area contributed by atoms with Crippen LogP contribution in [0.15, 0.2) is 78.9 Å². The largest absolute Gasteiger partial charge is 0.438 e. The fourth-order valence-electron chi connectivity index (χ4n) is 3.94. The van der Waals surface area contributed by atoms with Gasteiger partial charge in [0.1, 0.15) is 5.82 Å². The maximum absolute atomic E-state index is 13.3. The SMILES string of the molecule is CCCNC(=O)[C@H]1[C@@H](c2cccc(NC(=O)c3ccccc3)c2)OC(=O)N1Cc1ccc(F)cc1. The lowest BCUT2D eigenvalue weighted by Gasteiger charge is -2.24. The third kappa shape index (κ3) is 5.66. The Hall–Kier alpha value is -4.20. The van der Waals surface area contributed by atoms with Gasteiger partial charge in [0, 0.05) is 17.8 Å². The molecule has 1 fully saturated rings. The molecular formula is C27H26FN3O4. The second kappa shape index (κ2) is 10.8. The number of anilines is 1. The van der Waals surface area contributed by atoms with Crippen LogP contribution in [0.2, 0.25) is 0 Å². The lowest BCUT2D eigenvalue weighted by Crippen LogP contribution is -2.46. The van der Waals surface area contributed by atoms with Crippen LogP contribution in [0.4, 0.5) is 14.9 Å². The van der Waals surface area contributed by atoms with E-state index in [0.29, 0.717) is 28.9 Å². The van der Waals surface area contributed by atoms with E-state index in [0.717, 1.165) is 6.42 Å². The van der Waals surface area contributed by atoms with E-state index >= 15 is 0 Å². The first-order chi connectivity index (χ1) is 17.0. The molecular weight excluding hydrogens is 449 g/mol. The molecule has 2 N–H and O–H groups in total. The van der Waals surface area contributed by atoms with Gasteiger partial charge in [-0.05, 0) is 53.9 Å². The molecule has 8 heteroatoms. The van der Waals surface area contributed by atoms with Crippen LogP contribution < -0.4 is 10.6 Å². The van der Waals surface area contributed by atoms with E-state index in [2.05, 4.69) is 10.6 Å². The van der Waals surface area contributed by atoms with Crippen LogP contribution in [0, 0.1) is 5.82 Å². The molecule has 4 rings (SSSR count). The smallest absolute Gasteiger partial charge is 0.411 e. The fraction of sp³-hybridized carbons (Fsp3) is 0.222. The third-order valence-corrected chi connectivity index (χ3v) is 5.68. The summed E-state index contributed by atoms with van der Waals surface area (Å²) in [6.45, 7) is 2.47. The summed E-state index contributed by atoms with van der Waals surface area (Å²) in [5.41, 5.74) is 2.26. The van der Waals surface area contributed by atoms with Crippen molar-refractivity contribution in [2.24, 2.45) is 0 Å². The second-order valence-corrected chi connectivity index (χ2v) is 8.24. The van der Waals surface area contributed by atoms with Crippen molar-refractivity contribution in [3.05, 3.63) is 101 Å². The van der Waals surface area contributed by atoms with Gasteiger partial charge in [-0.15, -0.1) is 0 Å². The number of benzene rings is 3. The van der Waals surface area contributed by atoms with E-state index in [1.165, 1.54) is 17.0 Å². The van der Waals surface area contributed by atoms with Gasteiger partial charge >= 0.3 is 6.09 Å². The van der Waals surface area contributed by atoms with Gasteiger partial charge in [0.25, 0.3) is 5.91 Å². The summed E-state index contributed by atoms with van der Waals surface area (Å²) in [5, 5.41) is 5.68. The minimum absolute atomic E-state index is 0.0876. The Morgan fingerprint density at radius 3 is 2.46 bits per heavy atom. The van der Waals surface area contributed by atoms with Crippen LogP contribution in [0.1, 0.15) is 40.9 Å². The number of ether oxygens (including phenoxy) is 1. The van der Waals surface area contributed by atoms with Crippen molar-refractivity contribution in [2.45, 2.75) is 32.0 Å².